The van der Waals surface area contributed by atoms with Crippen LogP contribution in [-0.2, 0) is 6.42 Å². The summed E-state index contributed by atoms with van der Waals surface area (Å²) in [5, 5.41) is 12.0. The molecule has 0 fully saturated rings. The molecule has 0 amide bonds. The fourth-order valence-electron chi connectivity index (χ4n) is 1.81. The van der Waals surface area contributed by atoms with Gasteiger partial charge in [-0.2, -0.15) is 5.26 Å². The molecule has 96 valence electrons. The van der Waals surface area contributed by atoms with E-state index in [2.05, 4.69) is 34.3 Å². The van der Waals surface area contributed by atoms with Crippen LogP contribution in [0.1, 0.15) is 24.6 Å². The molecule has 1 heterocycles. The van der Waals surface area contributed by atoms with Gasteiger partial charge in [-0.15, -0.1) is 0 Å². The van der Waals surface area contributed by atoms with E-state index in [-0.39, 0.29) is 6.04 Å². The SMILES string of the molecule is CC(CCc1ccccc1)Nc1nccc(C#N)n1. The Hall–Kier alpha value is -2.41. The molecular formula is C15H16N4. The van der Waals surface area contributed by atoms with Crippen LogP contribution in [-0.4, -0.2) is 16.0 Å². The second-order valence-corrected chi connectivity index (χ2v) is 4.45. The van der Waals surface area contributed by atoms with Crippen LogP contribution in [0.4, 0.5) is 5.95 Å². The molecule has 1 atom stereocenters. The Kier molecular flexibility index (Phi) is 4.46. The maximum absolute atomic E-state index is 8.78. The summed E-state index contributed by atoms with van der Waals surface area (Å²) in [6.07, 6.45) is 3.59. The summed E-state index contributed by atoms with van der Waals surface area (Å²) in [6.45, 7) is 2.09. The summed E-state index contributed by atoms with van der Waals surface area (Å²) in [4.78, 5) is 8.21. The van der Waals surface area contributed by atoms with Crippen molar-refractivity contribution in [3.8, 4) is 6.07 Å². The molecule has 1 aromatic heterocycles. The zero-order valence-corrected chi connectivity index (χ0v) is 10.9. The second kappa shape index (κ2) is 6.50. The van der Waals surface area contributed by atoms with Crippen LogP contribution in [0, 0.1) is 11.3 Å². The van der Waals surface area contributed by atoms with E-state index in [1.165, 1.54) is 5.56 Å². The van der Waals surface area contributed by atoms with Crippen LogP contribution in [0.25, 0.3) is 0 Å². The first-order chi connectivity index (χ1) is 9.28. The summed E-state index contributed by atoms with van der Waals surface area (Å²) >= 11 is 0. The molecule has 0 radical (unpaired) electrons. The summed E-state index contributed by atoms with van der Waals surface area (Å²) in [6, 6.07) is 14.2. The third-order valence-corrected chi connectivity index (χ3v) is 2.85. The lowest BCUT2D eigenvalue weighted by Gasteiger charge is -2.13. The zero-order valence-electron chi connectivity index (χ0n) is 10.9. The Morgan fingerprint density at radius 3 is 2.79 bits per heavy atom. The van der Waals surface area contributed by atoms with Gasteiger partial charge in [-0.1, -0.05) is 30.3 Å². The average molecular weight is 252 g/mol. The minimum absolute atomic E-state index is 0.258. The van der Waals surface area contributed by atoms with Crippen molar-refractivity contribution < 1.29 is 0 Å². The molecule has 0 aliphatic heterocycles. The summed E-state index contributed by atoms with van der Waals surface area (Å²) in [5.41, 5.74) is 1.70. The van der Waals surface area contributed by atoms with Crippen LogP contribution >= 0.6 is 0 Å². The quantitative estimate of drug-likeness (QED) is 0.888. The maximum atomic E-state index is 8.78. The Labute approximate surface area is 113 Å². The summed E-state index contributed by atoms with van der Waals surface area (Å²) in [5.74, 6) is 0.514. The number of anilines is 1. The molecule has 0 aliphatic carbocycles. The molecule has 1 N–H and O–H groups in total. The van der Waals surface area contributed by atoms with Gasteiger partial charge in [0.1, 0.15) is 11.8 Å². The van der Waals surface area contributed by atoms with E-state index in [4.69, 9.17) is 5.26 Å². The minimum Gasteiger partial charge on any atom is -0.352 e. The largest absolute Gasteiger partial charge is 0.352 e. The van der Waals surface area contributed by atoms with Gasteiger partial charge in [0.25, 0.3) is 0 Å². The standard InChI is InChI=1S/C15H16N4/c1-12(7-8-13-5-3-2-4-6-13)18-15-17-10-9-14(11-16)19-15/h2-6,9-10,12H,7-8H2,1H3,(H,17,18,19). The normalized spacial score (nSPS) is 11.6. The summed E-state index contributed by atoms with van der Waals surface area (Å²) < 4.78 is 0. The smallest absolute Gasteiger partial charge is 0.224 e. The molecule has 0 saturated heterocycles. The number of nitriles is 1. The molecule has 1 unspecified atom stereocenters. The Morgan fingerprint density at radius 1 is 1.26 bits per heavy atom. The van der Waals surface area contributed by atoms with E-state index in [1.54, 1.807) is 12.3 Å². The monoisotopic (exact) mass is 252 g/mol. The van der Waals surface area contributed by atoms with Crippen LogP contribution in [0.5, 0.6) is 0 Å². The van der Waals surface area contributed by atoms with Crippen molar-refractivity contribution >= 4 is 5.95 Å². The molecule has 1 aromatic carbocycles. The number of benzene rings is 1. The number of rotatable bonds is 5. The van der Waals surface area contributed by atoms with Crippen molar-refractivity contribution in [3.63, 3.8) is 0 Å². The van der Waals surface area contributed by atoms with E-state index in [1.807, 2.05) is 24.3 Å². The first-order valence-corrected chi connectivity index (χ1v) is 6.31. The van der Waals surface area contributed by atoms with Gasteiger partial charge in [-0.25, -0.2) is 9.97 Å². The lowest BCUT2D eigenvalue weighted by atomic mass is 10.1. The van der Waals surface area contributed by atoms with E-state index in [0.29, 0.717) is 11.6 Å². The number of hydrogen-bond acceptors (Lipinski definition) is 4. The zero-order chi connectivity index (χ0) is 13.5. The van der Waals surface area contributed by atoms with Crippen LogP contribution < -0.4 is 5.32 Å². The molecule has 2 rings (SSSR count). The van der Waals surface area contributed by atoms with Crippen molar-refractivity contribution in [1.82, 2.24) is 9.97 Å². The van der Waals surface area contributed by atoms with Crippen LogP contribution in [0.2, 0.25) is 0 Å². The van der Waals surface area contributed by atoms with Crippen molar-refractivity contribution in [2.75, 3.05) is 5.32 Å². The highest BCUT2D eigenvalue weighted by atomic mass is 15.1. The molecule has 4 nitrogen and oxygen atoms in total. The lowest BCUT2D eigenvalue weighted by Crippen LogP contribution is -2.18. The average Bonchev–Trinajstić information content (AvgIpc) is 2.46. The predicted octanol–water partition coefficient (Wildman–Crippen LogP) is 2.78. The lowest BCUT2D eigenvalue weighted by molar-refractivity contribution is 0.698. The third-order valence-electron chi connectivity index (χ3n) is 2.85. The molecule has 4 heteroatoms. The topological polar surface area (TPSA) is 61.6 Å². The molecule has 0 aliphatic rings. The Morgan fingerprint density at radius 2 is 2.05 bits per heavy atom. The second-order valence-electron chi connectivity index (χ2n) is 4.45. The molecule has 0 saturated carbocycles. The third kappa shape index (κ3) is 4.07. The molecule has 2 aromatic rings. The molecule has 19 heavy (non-hydrogen) atoms. The first-order valence-electron chi connectivity index (χ1n) is 6.31. The number of nitrogens with zero attached hydrogens (tertiary/aromatic N) is 3. The predicted molar refractivity (Wildman–Crippen MR) is 74.6 cm³/mol. The number of nitrogens with one attached hydrogen (secondary N) is 1. The fraction of sp³-hybridized carbons (Fsp3) is 0.267. The number of aromatic nitrogens is 2. The summed E-state index contributed by atoms with van der Waals surface area (Å²) in [7, 11) is 0. The van der Waals surface area contributed by atoms with Gasteiger partial charge in [0.05, 0.1) is 0 Å². The maximum Gasteiger partial charge on any atom is 0.224 e. The number of aryl methyl sites for hydroxylation is 1. The Bertz CT molecular complexity index is 560. The molecular weight excluding hydrogens is 236 g/mol. The molecule has 0 bridgehead atoms. The van der Waals surface area contributed by atoms with Crippen LogP contribution in [0.3, 0.4) is 0 Å². The van der Waals surface area contributed by atoms with Gasteiger partial charge in [0.2, 0.25) is 5.95 Å². The highest BCUT2D eigenvalue weighted by molar-refractivity contribution is 5.30. The highest BCUT2D eigenvalue weighted by Crippen LogP contribution is 2.08. The van der Waals surface area contributed by atoms with Gasteiger partial charge in [0, 0.05) is 12.2 Å². The van der Waals surface area contributed by atoms with Crippen molar-refractivity contribution in [2.45, 2.75) is 25.8 Å². The first kappa shape index (κ1) is 13.0. The minimum atomic E-state index is 0.258. The fourth-order valence-corrected chi connectivity index (χ4v) is 1.81. The van der Waals surface area contributed by atoms with Gasteiger partial charge in [0.15, 0.2) is 0 Å². The van der Waals surface area contributed by atoms with E-state index in [9.17, 15) is 0 Å². The van der Waals surface area contributed by atoms with Gasteiger partial charge in [-0.3, -0.25) is 0 Å². The van der Waals surface area contributed by atoms with Gasteiger partial charge in [-0.05, 0) is 31.4 Å². The molecule has 0 spiro atoms. The highest BCUT2D eigenvalue weighted by Gasteiger charge is 2.05. The van der Waals surface area contributed by atoms with Gasteiger partial charge >= 0.3 is 0 Å². The van der Waals surface area contributed by atoms with E-state index < -0.39 is 0 Å². The van der Waals surface area contributed by atoms with Crippen molar-refractivity contribution in [3.05, 3.63) is 53.9 Å². The van der Waals surface area contributed by atoms with E-state index in [0.717, 1.165) is 12.8 Å². The van der Waals surface area contributed by atoms with Crippen molar-refractivity contribution in [1.29, 1.82) is 5.26 Å². The number of hydrogen-bond donors (Lipinski definition) is 1. The van der Waals surface area contributed by atoms with E-state index >= 15 is 0 Å². The Balaban J connectivity index is 1.87. The van der Waals surface area contributed by atoms with Crippen LogP contribution in [0.15, 0.2) is 42.6 Å². The van der Waals surface area contributed by atoms with Gasteiger partial charge < -0.3 is 5.32 Å². The van der Waals surface area contributed by atoms with Crippen molar-refractivity contribution in [2.24, 2.45) is 0 Å².